The summed E-state index contributed by atoms with van der Waals surface area (Å²) in [5, 5.41) is 15.6. The molecule has 0 aliphatic carbocycles. The Morgan fingerprint density at radius 1 is 0.968 bits per heavy atom. The first-order valence-electron chi connectivity index (χ1n) is 10.3. The molecule has 0 spiro atoms. The van der Waals surface area contributed by atoms with Gasteiger partial charge < -0.3 is 15.1 Å². The van der Waals surface area contributed by atoms with Gasteiger partial charge in [-0.15, -0.1) is 0 Å². The van der Waals surface area contributed by atoms with Crippen molar-refractivity contribution in [3.8, 4) is 0 Å². The normalized spacial score (nSPS) is 19.0. The summed E-state index contributed by atoms with van der Waals surface area (Å²) in [6.45, 7) is 6.89. The van der Waals surface area contributed by atoms with Crippen LogP contribution >= 0.6 is 11.8 Å². The number of carboxylic acids is 2. The van der Waals surface area contributed by atoms with E-state index in [1.54, 1.807) is 0 Å². The van der Waals surface area contributed by atoms with Crippen molar-refractivity contribution in [3.05, 3.63) is 71.3 Å². The zero-order valence-electron chi connectivity index (χ0n) is 17.8. The summed E-state index contributed by atoms with van der Waals surface area (Å²) < 4.78 is 0. The number of aliphatic carboxylic acids is 2. The maximum atomic E-state index is 9.55. The molecule has 1 saturated heterocycles. The lowest BCUT2D eigenvalue weighted by Crippen LogP contribution is -2.46. The van der Waals surface area contributed by atoms with Crippen molar-refractivity contribution in [3.63, 3.8) is 0 Å². The van der Waals surface area contributed by atoms with E-state index < -0.39 is 11.9 Å². The first-order valence-corrected chi connectivity index (χ1v) is 11.1. The SMILES string of the molecule is Cc1ccc2c(c1)C(N1CCN(C)CC1)Cc1ccccc1S2.O=C(O)/C=C\C(=O)O. The number of fused-ring (bicyclic) bond motifs is 2. The number of rotatable bonds is 3. The second kappa shape index (κ2) is 10.6. The maximum Gasteiger partial charge on any atom is 0.328 e. The summed E-state index contributed by atoms with van der Waals surface area (Å²) in [4.78, 5) is 27.1. The molecular formula is C24H28N2O4S. The molecule has 1 fully saturated rings. The standard InChI is InChI=1S/C20H24N2S.C4H4O4/c1-15-7-8-20-17(13-15)18(22-11-9-21(2)10-12-22)14-16-5-3-4-6-19(16)23-20;5-3(6)1-2-4(7)8/h3-8,13,18H,9-12,14H2,1-2H3;1-2H,(H,5,6)(H,7,8)/b;2-1-. The van der Waals surface area contributed by atoms with E-state index in [2.05, 4.69) is 66.2 Å². The van der Waals surface area contributed by atoms with Gasteiger partial charge in [-0.2, -0.15) is 0 Å². The Bertz CT molecular complexity index is 952. The van der Waals surface area contributed by atoms with Gasteiger partial charge in [-0.05, 0) is 43.7 Å². The summed E-state index contributed by atoms with van der Waals surface area (Å²) in [5.41, 5.74) is 4.39. The number of likely N-dealkylation sites (N-methyl/N-ethyl adjacent to an activating group) is 1. The van der Waals surface area contributed by atoms with Gasteiger partial charge >= 0.3 is 11.9 Å². The molecule has 2 N–H and O–H groups in total. The minimum atomic E-state index is -1.26. The van der Waals surface area contributed by atoms with E-state index in [4.69, 9.17) is 10.2 Å². The second-order valence-corrected chi connectivity index (χ2v) is 8.90. The highest BCUT2D eigenvalue weighted by molar-refractivity contribution is 7.99. The van der Waals surface area contributed by atoms with Crippen LogP contribution in [0.15, 0.2) is 64.4 Å². The van der Waals surface area contributed by atoms with Crippen LogP contribution in [0.4, 0.5) is 0 Å². The van der Waals surface area contributed by atoms with E-state index in [1.807, 2.05) is 11.8 Å². The molecule has 2 aliphatic rings. The third kappa shape index (κ3) is 6.43. The van der Waals surface area contributed by atoms with Gasteiger partial charge in [-0.3, -0.25) is 4.90 Å². The first-order chi connectivity index (χ1) is 14.8. The molecule has 7 heteroatoms. The molecule has 0 aromatic heterocycles. The summed E-state index contributed by atoms with van der Waals surface area (Å²) >= 11 is 1.94. The number of nitrogens with zero attached hydrogens (tertiary/aromatic N) is 2. The predicted molar refractivity (Wildman–Crippen MR) is 122 cm³/mol. The fourth-order valence-electron chi connectivity index (χ4n) is 3.83. The fourth-order valence-corrected chi connectivity index (χ4v) is 4.95. The third-order valence-electron chi connectivity index (χ3n) is 5.48. The molecular weight excluding hydrogens is 412 g/mol. The molecule has 2 aromatic carbocycles. The highest BCUT2D eigenvalue weighted by atomic mass is 32.2. The van der Waals surface area contributed by atoms with Crippen molar-refractivity contribution in [1.29, 1.82) is 0 Å². The van der Waals surface area contributed by atoms with E-state index in [-0.39, 0.29) is 0 Å². The predicted octanol–water partition coefficient (Wildman–Crippen LogP) is 3.70. The molecule has 1 unspecified atom stereocenters. The lowest BCUT2D eigenvalue weighted by Gasteiger charge is -2.38. The highest BCUT2D eigenvalue weighted by Gasteiger charge is 2.29. The number of hydrogen-bond acceptors (Lipinski definition) is 5. The fraction of sp³-hybridized carbons (Fsp3) is 0.333. The van der Waals surface area contributed by atoms with Crippen LogP contribution in [-0.2, 0) is 16.0 Å². The smallest absolute Gasteiger partial charge is 0.328 e. The molecule has 2 aromatic rings. The van der Waals surface area contributed by atoms with Crippen LogP contribution < -0.4 is 0 Å². The second-order valence-electron chi connectivity index (χ2n) is 7.82. The minimum absolute atomic E-state index is 0.509. The number of hydrogen-bond donors (Lipinski definition) is 2. The number of aryl methyl sites for hydroxylation is 1. The van der Waals surface area contributed by atoms with E-state index in [1.165, 1.54) is 52.7 Å². The quantitative estimate of drug-likeness (QED) is 0.705. The zero-order valence-corrected chi connectivity index (χ0v) is 18.6. The van der Waals surface area contributed by atoms with Gasteiger partial charge in [-0.1, -0.05) is 47.7 Å². The van der Waals surface area contributed by atoms with Crippen LogP contribution in [0.3, 0.4) is 0 Å². The van der Waals surface area contributed by atoms with Crippen LogP contribution in [0.1, 0.15) is 22.7 Å². The summed E-state index contributed by atoms with van der Waals surface area (Å²) in [6, 6.07) is 16.4. The van der Waals surface area contributed by atoms with Gasteiger partial charge in [-0.25, -0.2) is 9.59 Å². The van der Waals surface area contributed by atoms with Crippen LogP contribution in [0.5, 0.6) is 0 Å². The third-order valence-corrected chi connectivity index (χ3v) is 6.69. The number of carbonyl (C=O) groups is 2. The maximum absolute atomic E-state index is 9.55. The van der Waals surface area contributed by atoms with Gasteiger partial charge in [0.05, 0.1) is 0 Å². The molecule has 31 heavy (non-hydrogen) atoms. The monoisotopic (exact) mass is 440 g/mol. The van der Waals surface area contributed by atoms with Gasteiger partial charge in [0.15, 0.2) is 0 Å². The Labute approximate surface area is 187 Å². The van der Waals surface area contributed by atoms with Gasteiger partial charge in [0.25, 0.3) is 0 Å². The van der Waals surface area contributed by atoms with Crippen molar-refractivity contribution in [2.75, 3.05) is 33.2 Å². The summed E-state index contributed by atoms with van der Waals surface area (Å²) in [5.74, 6) is -2.51. The van der Waals surface area contributed by atoms with Crippen molar-refractivity contribution in [2.45, 2.75) is 29.2 Å². The van der Waals surface area contributed by atoms with Gasteiger partial charge in [0.2, 0.25) is 0 Å². The van der Waals surface area contributed by atoms with Crippen LogP contribution in [-0.4, -0.2) is 65.2 Å². The molecule has 164 valence electrons. The topological polar surface area (TPSA) is 81.1 Å². The van der Waals surface area contributed by atoms with Crippen molar-refractivity contribution < 1.29 is 19.8 Å². The van der Waals surface area contributed by atoms with E-state index in [9.17, 15) is 9.59 Å². The van der Waals surface area contributed by atoms with Crippen LogP contribution in [0, 0.1) is 6.92 Å². The molecule has 1 atom stereocenters. The Morgan fingerprint density at radius 3 is 2.26 bits per heavy atom. The van der Waals surface area contributed by atoms with Crippen LogP contribution in [0.2, 0.25) is 0 Å². The van der Waals surface area contributed by atoms with Gasteiger partial charge in [0, 0.05) is 54.2 Å². The molecule has 0 bridgehead atoms. The average molecular weight is 441 g/mol. The lowest BCUT2D eigenvalue weighted by molar-refractivity contribution is -0.134. The Balaban J connectivity index is 0.000000293. The molecule has 0 radical (unpaired) electrons. The summed E-state index contributed by atoms with van der Waals surface area (Å²) in [6.07, 6.45) is 2.24. The Morgan fingerprint density at radius 2 is 1.61 bits per heavy atom. The van der Waals surface area contributed by atoms with Crippen molar-refractivity contribution >= 4 is 23.7 Å². The number of benzene rings is 2. The van der Waals surface area contributed by atoms with E-state index in [0.717, 1.165) is 6.42 Å². The molecule has 0 amide bonds. The summed E-state index contributed by atoms with van der Waals surface area (Å²) in [7, 11) is 2.23. The molecule has 2 heterocycles. The molecule has 2 aliphatic heterocycles. The zero-order chi connectivity index (χ0) is 22.4. The molecule has 4 rings (SSSR count). The molecule has 0 saturated carbocycles. The highest BCUT2D eigenvalue weighted by Crippen LogP contribution is 2.43. The number of piperazine rings is 1. The van der Waals surface area contributed by atoms with E-state index in [0.29, 0.717) is 18.2 Å². The van der Waals surface area contributed by atoms with Gasteiger partial charge in [0.1, 0.15) is 0 Å². The van der Waals surface area contributed by atoms with Crippen LogP contribution in [0.25, 0.3) is 0 Å². The van der Waals surface area contributed by atoms with E-state index >= 15 is 0 Å². The number of carboxylic acid groups (broad SMARTS) is 2. The molecule has 6 nitrogen and oxygen atoms in total. The lowest BCUT2D eigenvalue weighted by atomic mass is 9.95. The largest absolute Gasteiger partial charge is 0.478 e. The Hall–Kier alpha value is -2.61. The minimum Gasteiger partial charge on any atom is -0.478 e. The van der Waals surface area contributed by atoms with Crippen molar-refractivity contribution in [2.24, 2.45) is 0 Å². The Kier molecular flexibility index (Phi) is 7.90. The van der Waals surface area contributed by atoms with Crippen molar-refractivity contribution in [1.82, 2.24) is 9.80 Å². The average Bonchev–Trinajstić information content (AvgIpc) is 2.90. The first kappa shape index (κ1) is 23.1.